The number of rotatable bonds is 2. The third-order valence-electron chi connectivity index (χ3n) is 0.944. The first kappa shape index (κ1) is 7.33. The number of nitrogens with zero attached hydrogens (tertiary/aromatic N) is 1. The summed E-state index contributed by atoms with van der Waals surface area (Å²) in [4.78, 5) is 0. The van der Waals surface area contributed by atoms with E-state index in [0.717, 1.165) is 0 Å². The molecule has 0 amide bonds. The number of hydrazone groups is 1. The highest BCUT2D eigenvalue weighted by Gasteiger charge is 1.91. The molecular formula is C6H9N4O+. The molecule has 0 aliphatic carbocycles. The molecule has 58 valence electrons. The van der Waals surface area contributed by atoms with E-state index in [1.54, 1.807) is 24.6 Å². The van der Waals surface area contributed by atoms with Gasteiger partial charge in [-0.3, -0.25) is 0 Å². The highest BCUT2D eigenvalue weighted by molar-refractivity contribution is 5.75. The van der Waals surface area contributed by atoms with Gasteiger partial charge in [0.15, 0.2) is 5.76 Å². The number of hydrogen-bond acceptors (Lipinski definition) is 2. The van der Waals surface area contributed by atoms with Crippen molar-refractivity contribution in [2.75, 3.05) is 0 Å². The summed E-state index contributed by atoms with van der Waals surface area (Å²) in [5.74, 6) is 0.641. The summed E-state index contributed by atoms with van der Waals surface area (Å²) >= 11 is 0. The first-order chi connectivity index (χ1) is 5.29. The van der Waals surface area contributed by atoms with Crippen molar-refractivity contribution in [2.24, 2.45) is 16.6 Å². The second-order valence-corrected chi connectivity index (χ2v) is 1.83. The minimum atomic E-state index is -0.0205. The van der Waals surface area contributed by atoms with Crippen molar-refractivity contribution in [3.05, 3.63) is 24.2 Å². The average Bonchev–Trinajstić information content (AvgIpc) is 2.39. The predicted octanol–water partition coefficient (Wildman–Crippen LogP) is -2.03. The molecule has 0 saturated carbocycles. The number of nitrogens with two attached hydrogens (primary N) is 2. The van der Waals surface area contributed by atoms with Gasteiger partial charge in [-0.1, -0.05) is 5.10 Å². The summed E-state index contributed by atoms with van der Waals surface area (Å²) < 4.78 is 4.95. The minimum absolute atomic E-state index is 0.0205. The first-order valence-corrected chi connectivity index (χ1v) is 3.00. The SMILES string of the molecule is NC(N)=N[NH+]=Cc1ccco1. The van der Waals surface area contributed by atoms with Gasteiger partial charge in [0.1, 0.15) is 0 Å². The molecule has 1 aromatic rings. The zero-order valence-corrected chi connectivity index (χ0v) is 5.82. The fourth-order valence-electron chi connectivity index (χ4n) is 0.544. The second-order valence-electron chi connectivity index (χ2n) is 1.83. The molecule has 11 heavy (non-hydrogen) atoms. The summed E-state index contributed by atoms with van der Waals surface area (Å²) in [6.45, 7) is 0. The van der Waals surface area contributed by atoms with Gasteiger partial charge in [0.2, 0.25) is 6.21 Å². The van der Waals surface area contributed by atoms with E-state index in [9.17, 15) is 0 Å². The fraction of sp³-hybridized carbons (Fsp3) is 0. The van der Waals surface area contributed by atoms with Crippen LogP contribution in [0.15, 0.2) is 27.9 Å². The van der Waals surface area contributed by atoms with Crippen LogP contribution in [-0.4, -0.2) is 12.2 Å². The zero-order valence-electron chi connectivity index (χ0n) is 5.82. The molecule has 0 bridgehead atoms. The van der Waals surface area contributed by atoms with E-state index in [1.165, 1.54) is 0 Å². The van der Waals surface area contributed by atoms with Crippen molar-refractivity contribution in [3.63, 3.8) is 0 Å². The molecule has 1 rings (SSSR count). The van der Waals surface area contributed by atoms with Gasteiger partial charge >= 0.3 is 0 Å². The maximum Gasteiger partial charge on any atom is 0.256 e. The Hall–Kier alpha value is -1.78. The standard InChI is InChI=1S/C6H8N4O/c7-6(8)10-9-4-5-2-1-3-11-5/h1-4H,(H4,7,8,10)/p+1. The van der Waals surface area contributed by atoms with Gasteiger partial charge in [-0.15, -0.1) is 0 Å². The van der Waals surface area contributed by atoms with Gasteiger partial charge < -0.3 is 15.9 Å². The third-order valence-corrected chi connectivity index (χ3v) is 0.944. The van der Waals surface area contributed by atoms with Crippen LogP contribution in [0.4, 0.5) is 0 Å². The number of furan rings is 1. The van der Waals surface area contributed by atoms with Crippen LogP contribution in [0.25, 0.3) is 0 Å². The summed E-state index contributed by atoms with van der Waals surface area (Å²) in [7, 11) is 0. The molecule has 0 spiro atoms. The van der Waals surface area contributed by atoms with Crippen molar-refractivity contribution in [1.29, 1.82) is 0 Å². The smallest absolute Gasteiger partial charge is 0.256 e. The van der Waals surface area contributed by atoms with E-state index in [1.807, 2.05) is 0 Å². The third kappa shape index (κ3) is 2.53. The maximum atomic E-state index is 5.05. The van der Waals surface area contributed by atoms with Gasteiger partial charge in [-0.25, -0.2) is 0 Å². The highest BCUT2D eigenvalue weighted by Crippen LogP contribution is 1.91. The first-order valence-electron chi connectivity index (χ1n) is 3.00. The molecule has 0 aliphatic heterocycles. The summed E-state index contributed by atoms with van der Waals surface area (Å²) in [5.41, 5.74) is 10.1. The van der Waals surface area contributed by atoms with E-state index >= 15 is 0 Å². The Morgan fingerprint density at radius 2 is 2.45 bits per heavy atom. The molecule has 0 fully saturated rings. The molecule has 1 aromatic heterocycles. The van der Waals surface area contributed by atoms with Crippen LogP contribution in [0.2, 0.25) is 0 Å². The van der Waals surface area contributed by atoms with Gasteiger partial charge in [0.25, 0.3) is 5.96 Å². The van der Waals surface area contributed by atoms with Gasteiger partial charge in [-0.2, -0.15) is 0 Å². The maximum absolute atomic E-state index is 5.05. The van der Waals surface area contributed by atoms with Crippen LogP contribution in [0, 0.1) is 0 Å². The Morgan fingerprint density at radius 1 is 1.64 bits per heavy atom. The Kier molecular flexibility index (Phi) is 2.27. The van der Waals surface area contributed by atoms with Crippen LogP contribution >= 0.6 is 0 Å². The van der Waals surface area contributed by atoms with Crippen molar-refractivity contribution in [2.45, 2.75) is 0 Å². The summed E-state index contributed by atoms with van der Waals surface area (Å²) in [6, 6.07) is 3.54. The quantitative estimate of drug-likeness (QED) is 0.260. The molecule has 5 N–H and O–H groups in total. The number of nitrogens with one attached hydrogen (secondary N) is 1. The lowest BCUT2D eigenvalue weighted by atomic mass is 10.5. The van der Waals surface area contributed by atoms with Gasteiger partial charge in [0.05, 0.1) is 6.26 Å². The minimum Gasteiger partial charge on any atom is -0.459 e. The van der Waals surface area contributed by atoms with Crippen LogP contribution in [0.1, 0.15) is 5.76 Å². The van der Waals surface area contributed by atoms with E-state index in [4.69, 9.17) is 15.9 Å². The Balaban J connectivity index is 2.56. The second kappa shape index (κ2) is 3.40. The van der Waals surface area contributed by atoms with E-state index in [0.29, 0.717) is 5.76 Å². The topological polar surface area (TPSA) is 91.5 Å². The molecular weight excluding hydrogens is 144 g/mol. The largest absolute Gasteiger partial charge is 0.459 e. The Labute approximate surface area is 63.4 Å². The molecule has 5 nitrogen and oxygen atoms in total. The Bertz CT molecular complexity index is 258. The Morgan fingerprint density at radius 3 is 3.00 bits per heavy atom. The summed E-state index contributed by atoms with van der Waals surface area (Å²) in [6.07, 6.45) is 3.10. The van der Waals surface area contributed by atoms with E-state index in [2.05, 4.69) is 10.2 Å². The number of hydrogen-bond donors (Lipinski definition) is 3. The average molecular weight is 153 g/mol. The fourth-order valence-corrected chi connectivity index (χ4v) is 0.544. The highest BCUT2D eigenvalue weighted by atomic mass is 16.3. The van der Waals surface area contributed by atoms with E-state index < -0.39 is 0 Å². The molecule has 0 radical (unpaired) electrons. The molecule has 0 atom stereocenters. The predicted molar refractivity (Wildman–Crippen MR) is 40.6 cm³/mol. The van der Waals surface area contributed by atoms with E-state index in [-0.39, 0.29) is 5.96 Å². The van der Waals surface area contributed by atoms with Crippen molar-refractivity contribution in [3.8, 4) is 0 Å². The lowest BCUT2D eigenvalue weighted by Gasteiger charge is -1.76. The van der Waals surface area contributed by atoms with Crippen LogP contribution in [-0.2, 0) is 0 Å². The van der Waals surface area contributed by atoms with Gasteiger partial charge in [-0.05, 0) is 12.1 Å². The van der Waals surface area contributed by atoms with Crippen LogP contribution in [0.5, 0.6) is 0 Å². The lowest BCUT2D eigenvalue weighted by molar-refractivity contribution is -0.457. The van der Waals surface area contributed by atoms with Crippen LogP contribution < -0.4 is 16.6 Å². The molecule has 0 unspecified atom stereocenters. The number of guanidine groups is 1. The normalized spacial score (nSPS) is 10.2. The monoisotopic (exact) mass is 153 g/mol. The van der Waals surface area contributed by atoms with Crippen LogP contribution in [0.3, 0.4) is 0 Å². The van der Waals surface area contributed by atoms with Crippen molar-refractivity contribution in [1.82, 2.24) is 0 Å². The van der Waals surface area contributed by atoms with Crippen molar-refractivity contribution >= 4 is 12.2 Å². The molecule has 0 aromatic carbocycles. The van der Waals surface area contributed by atoms with Gasteiger partial charge in [0, 0.05) is 5.10 Å². The lowest BCUT2D eigenvalue weighted by Crippen LogP contribution is -2.63. The molecule has 0 saturated heterocycles. The summed E-state index contributed by atoms with van der Waals surface area (Å²) in [5, 5.41) is 6.01. The van der Waals surface area contributed by atoms with Crippen molar-refractivity contribution < 1.29 is 9.52 Å². The molecule has 0 aliphatic rings. The zero-order chi connectivity index (χ0) is 8.10. The molecule has 5 heteroatoms. The molecule has 1 heterocycles.